The molecule has 0 aromatic heterocycles. The number of hydrogen-bond donors (Lipinski definition) is 0. The molecule has 0 aliphatic carbocycles. The molecule has 0 fully saturated rings. The minimum Gasteiger partial charge on any atom is -0.291 e. The van der Waals surface area contributed by atoms with Gasteiger partial charge in [0, 0.05) is 12.3 Å². The highest BCUT2D eigenvalue weighted by Crippen LogP contribution is 2.34. The van der Waals surface area contributed by atoms with Crippen molar-refractivity contribution in [3.63, 3.8) is 0 Å². The average molecular weight is 371 g/mol. The Bertz CT molecular complexity index is 175. The van der Waals surface area contributed by atoms with Crippen molar-refractivity contribution in [2.75, 3.05) is 5.88 Å². The Morgan fingerprint density at radius 1 is 1.27 bits per heavy atom. The van der Waals surface area contributed by atoms with Gasteiger partial charge in [0.25, 0.3) is 0 Å². The number of halogens is 4. The van der Waals surface area contributed by atoms with Crippen molar-refractivity contribution in [2.24, 2.45) is 0 Å². The average Bonchev–Trinajstić information content (AvgIpc) is 1.85. The second-order valence-electron chi connectivity index (χ2n) is 1.69. The van der Waals surface area contributed by atoms with E-state index in [2.05, 4.69) is 47.8 Å². The fraction of sp³-hybridized carbons (Fsp3) is 0.600. The largest absolute Gasteiger partial charge is 0.291 e. The maximum Gasteiger partial charge on any atom is 0.236 e. The van der Waals surface area contributed by atoms with Crippen LogP contribution in [0, 0.1) is 0 Å². The molecule has 0 aliphatic rings. The summed E-state index contributed by atoms with van der Waals surface area (Å²) in [6.07, 6.45) is 0.0605. The van der Waals surface area contributed by atoms with E-state index in [0.717, 1.165) is 0 Å². The summed E-state index contributed by atoms with van der Waals surface area (Å²) >= 11 is 14.1. The summed E-state index contributed by atoms with van der Waals surface area (Å²) in [5, 5.41) is 0. The molecule has 0 radical (unpaired) electrons. The van der Waals surface area contributed by atoms with Gasteiger partial charge in [-0.3, -0.25) is 9.59 Å². The van der Waals surface area contributed by atoms with Crippen molar-refractivity contribution in [1.29, 1.82) is 0 Å². The maximum absolute atomic E-state index is 11.0. The zero-order chi connectivity index (χ0) is 9.07. The molecule has 0 N–H and O–H groups in total. The van der Waals surface area contributed by atoms with Gasteiger partial charge in [-0.15, -0.1) is 11.6 Å². The molecule has 0 aliphatic heterocycles. The predicted molar refractivity (Wildman–Crippen MR) is 54.9 cm³/mol. The monoisotopic (exact) mass is 368 g/mol. The van der Waals surface area contributed by atoms with Gasteiger partial charge in [0.1, 0.15) is 0 Å². The van der Waals surface area contributed by atoms with Crippen LogP contribution in [0.1, 0.15) is 6.42 Å². The molecule has 0 heterocycles. The van der Waals surface area contributed by atoms with Crippen LogP contribution >= 0.6 is 59.4 Å². The molecule has 0 saturated heterocycles. The zero-order valence-corrected chi connectivity index (χ0v) is 10.8. The molecule has 0 saturated carbocycles. The molecule has 0 aromatic rings. The molecular weight excluding hydrogens is 367 g/mol. The highest BCUT2D eigenvalue weighted by Gasteiger charge is 2.33. The molecule has 0 bridgehead atoms. The van der Waals surface area contributed by atoms with Gasteiger partial charge in [0.05, 0.1) is 0 Å². The topological polar surface area (TPSA) is 34.1 Å². The first-order valence-electron chi connectivity index (χ1n) is 2.60. The number of Topliss-reactive ketones (excluding diaryl/α,β-unsaturated/α-hetero) is 2. The molecule has 0 rings (SSSR count). The minimum absolute atomic E-state index is 0.0605. The van der Waals surface area contributed by atoms with E-state index in [1.165, 1.54) is 0 Å². The number of carbonyl (C=O) groups is 2. The van der Waals surface area contributed by atoms with E-state index in [0.29, 0.717) is 0 Å². The van der Waals surface area contributed by atoms with Crippen LogP contribution in [0.25, 0.3) is 0 Å². The lowest BCUT2D eigenvalue weighted by Gasteiger charge is -2.07. The fourth-order valence-electron chi connectivity index (χ4n) is 0.357. The molecule has 0 spiro atoms. The summed E-state index contributed by atoms with van der Waals surface area (Å²) < 4.78 is -1.13. The van der Waals surface area contributed by atoms with Gasteiger partial charge in [-0.1, -0.05) is 47.8 Å². The Morgan fingerprint density at radius 3 is 2.00 bits per heavy atom. The normalized spacial score (nSPS) is 11.3. The van der Waals surface area contributed by atoms with E-state index < -0.39 is 13.7 Å². The van der Waals surface area contributed by atoms with Gasteiger partial charge < -0.3 is 0 Å². The zero-order valence-electron chi connectivity index (χ0n) is 5.24. The van der Waals surface area contributed by atoms with Gasteiger partial charge in [-0.25, -0.2) is 0 Å². The van der Waals surface area contributed by atoms with Crippen molar-refractivity contribution in [3.8, 4) is 0 Å². The smallest absolute Gasteiger partial charge is 0.236 e. The van der Waals surface area contributed by atoms with Gasteiger partial charge in [-0.2, -0.15) is 0 Å². The van der Waals surface area contributed by atoms with Crippen LogP contribution in [0.15, 0.2) is 0 Å². The van der Waals surface area contributed by atoms with E-state index in [4.69, 9.17) is 11.6 Å². The van der Waals surface area contributed by atoms with E-state index in [1.807, 2.05) is 0 Å². The highest BCUT2D eigenvalue weighted by atomic mass is 80.0. The minimum atomic E-state index is -1.13. The summed E-state index contributed by atoms with van der Waals surface area (Å²) in [4.78, 5) is 21.9. The second-order valence-corrected chi connectivity index (χ2v) is 8.83. The highest BCUT2D eigenvalue weighted by molar-refractivity contribution is 9.40. The predicted octanol–water partition coefficient (Wildman–Crippen LogP) is 2.59. The summed E-state index contributed by atoms with van der Waals surface area (Å²) in [5.41, 5.74) is 0. The third-order valence-corrected chi connectivity index (χ3v) is 2.10. The number of rotatable bonds is 3. The Morgan fingerprint density at radius 2 is 1.73 bits per heavy atom. The lowest BCUT2D eigenvalue weighted by Crippen LogP contribution is -2.26. The summed E-state index contributed by atoms with van der Waals surface area (Å²) in [6.45, 7) is 0. The maximum atomic E-state index is 11.0. The SMILES string of the molecule is O=C(CCCl)C(=O)C(Br)(Br)Br. The molecule has 0 aromatic carbocycles. The van der Waals surface area contributed by atoms with Gasteiger partial charge >= 0.3 is 0 Å². The second kappa shape index (κ2) is 4.94. The Balaban J connectivity index is 4.15. The molecular formula is C5H4Br3ClO2. The van der Waals surface area contributed by atoms with Gasteiger partial charge in [0.15, 0.2) is 2.14 Å². The van der Waals surface area contributed by atoms with Crippen LogP contribution < -0.4 is 0 Å². The lowest BCUT2D eigenvalue weighted by atomic mass is 10.2. The van der Waals surface area contributed by atoms with Crippen molar-refractivity contribution in [3.05, 3.63) is 0 Å². The van der Waals surface area contributed by atoms with Crippen LogP contribution in [0.5, 0.6) is 0 Å². The van der Waals surface area contributed by atoms with Crippen molar-refractivity contribution in [2.45, 2.75) is 8.56 Å². The van der Waals surface area contributed by atoms with Crippen LogP contribution in [-0.4, -0.2) is 19.6 Å². The first-order chi connectivity index (χ1) is 4.89. The Hall–Kier alpha value is 1.07. The van der Waals surface area contributed by atoms with Crippen molar-refractivity contribution < 1.29 is 9.59 Å². The standard InChI is InChI=1S/C5H4Br3ClO2/c6-5(7,8)4(11)3(10)1-2-9/h1-2H2. The molecule has 0 atom stereocenters. The number of ketones is 2. The molecule has 2 nitrogen and oxygen atoms in total. The quantitative estimate of drug-likeness (QED) is 0.565. The van der Waals surface area contributed by atoms with E-state index in [-0.39, 0.29) is 12.3 Å². The van der Waals surface area contributed by atoms with Gasteiger partial charge in [-0.05, 0) is 0 Å². The fourth-order valence-corrected chi connectivity index (χ4v) is 1.19. The van der Waals surface area contributed by atoms with E-state index in [1.54, 1.807) is 0 Å². The van der Waals surface area contributed by atoms with E-state index >= 15 is 0 Å². The third-order valence-electron chi connectivity index (χ3n) is 0.832. The van der Waals surface area contributed by atoms with Crippen LogP contribution in [0.4, 0.5) is 0 Å². The Labute approximate surface area is 94.4 Å². The van der Waals surface area contributed by atoms with E-state index in [9.17, 15) is 9.59 Å². The summed E-state index contributed by atoms with van der Waals surface area (Å²) in [5.74, 6) is -0.933. The molecule has 11 heavy (non-hydrogen) atoms. The van der Waals surface area contributed by atoms with Crippen LogP contribution in [-0.2, 0) is 9.59 Å². The van der Waals surface area contributed by atoms with Crippen molar-refractivity contribution >= 4 is 71.0 Å². The van der Waals surface area contributed by atoms with Crippen LogP contribution in [0.2, 0.25) is 0 Å². The summed E-state index contributed by atoms with van der Waals surface area (Å²) in [7, 11) is 0. The molecule has 6 heteroatoms. The van der Waals surface area contributed by atoms with Crippen molar-refractivity contribution in [1.82, 2.24) is 0 Å². The molecule has 0 amide bonds. The number of hydrogen-bond acceptors (Lipinski definition) is 2. The number of alkyl halides is 4. The molecule has 0 unspecified atom stereocenters. The molecule has 64 valence electrons. The van der Waals surface area contributed by atoms with Crippen LogP contribution in [0.3, 0.4) is 0 Å². The first kappa shape index (κ1) is 12.1. The summed E-state index contributed by atoms with van der Waals surface area (Å²) in [6, 6.07) is 0. The number of carbonyl (C=O) groups excluding carboxylic acids is 2. The third kappa shape index (κ3) is 4.60. The van der Waals surface area contributed by atoms with Gasteiger partial charge in [0.2, 0.25) is 11.6 Å². The Kier molecular flexibility index (Phi) is 5.42. The first-order valence-corrected chi connectivity index (χ1v) is 5.51. The lowest BCUT2D eigenvalue weighted by molar-refractivity contribution is -0.135.